The van der Waals surface area contributed by atoms with Crippen LogP contribution in [0.5, 0.6) is 5.75 Å². The van der Waals surface area contributed by atoms with Crippen LogP contribution in [0.4, 0.5) is 5.82 Å². The van der Waals surface area contributed by atoms with E-state index >= 15 is 0 Å². The van der Waals surface area contributed by atoms with Crippen LogP contribution in [0, 0.1) is 6.92 Å². The summed E-state index contributed by atoms with van der Waals surface area (Å²) in [6, 6.07) is 8.65. The molecule has 9 heteroatoms. The zero-order valence-electron chi connectivity index (χ0n) is 17.4. The number of nitrogens with zero attached hydrogens (tertiary/aromatic N) is 3. The number of aryl methyl sites for hydroxylation is 1. The molecular weight excluding hydrogens is 388 g/mol. The van der Waals surface area contributed by atoms with Crippen molar-refractivity contribution in [3.05, 3.63) is 41.7 Å². The molecule has 1 aliphatic heterocycles. The van der Waals surface area contributed by atoms with Crippen LogP contribution < -0.4 is 10.1 Å². The first-order chi connectivity index (χ1) is 14.6. The van der Waals surface area contributed by atoms with Gasteiger partial charge in [0.1, 0.15) is 18.1 Å². The van der Waals surface area contributed by atoms with Gasteiger partial charge >= 0.3 is 0 Å². The number of benzene rings is 1. The quantitative estimate of drug-likeness (QED) is 0.666. The van der Waals surface area contributed by atoms with Gasteiger partial charge < -0.3 is 24.2 Å². The fourth-order valence-corrected chi connectivity index (χ4v) is 3.34. The van der Waals surface area contributed by atoms with E-state index in [1.54, 1.807) is 42.2 Å². The van der Waals surface area contributed by atoms with Crippen molar-refractivity contribution in [2.45, 2.75) is 13.3 Å². The third-order valence-electron chi connectivity index (χ3n) is 4.86. The Morgan fingerprint density at radius 2 is 2.03 bits per heavy atom. The molecule has 1 aliphatic rings. The van der Waals surface area contributed by atoms with Gasteiger partial charge in [-0.1, -0.05) is 17.3 Å². The molecule has 2 heterocycles. The van der Waals surface area contributed by atoms with Gasteiger partial charge in [0.05, 0.1) is 25.9 Å². The predicted molar refractivity (Wildman–Crippen MR) is 111 cm³/mol. The van der Waals surface area contributed by atoms with Gasteiger partial charge in [-0.15, -0.1) is 0 Å². The van der Waals surface area contributed by atoms with Crippen LogP contribution >= 0.6 is 0 Å². The highest BCUT2D eigenvalue weighted by molar-refractivity contribution is 6.00. The van der Waals surface area contributed by atoms with Crippen molar-refractivity contribution in [3.63, 3.8) is 0 Å². The summed E-state index contributed by atoms with van der Waals surface area (Å²) in [7, 11) is 1.52. The van der Waals surface area contributed by atoms with Crippen LogP contribution in [0.1, 0.15) is 22.5 Å². The van der Waals surface area contributed by atoms with Crippen LogP contribution in [0.2, 0.25) is 0 Å². The maximum absolute atomic E-state index is 13.2. The second-order valence-electron chi connectivity index (χ2n) is 7.11. The second kappa shape index (κ2) is 10.7. The van der Waals surface area contributed by atoms with Gasteiger partial charge in [0.2, 0.25) is 5.91 Å². The lowest BCUT2D eigenvalue weighted by atomic mass is 10.1. The van der Waals surface area contributed by atoms with Crippen molar-refractivity contribution < 1.29 is 23.6 Å². The van der Waals surface area contributed by atoms with E-state index in [1.807, 2.05) is 0 Å². The highest BCUT2D eigenvalue weighted by Gasteiger charge is 2.22. The van der Waals surface area contributed by atoms with Crippen molar-refractivity contribution in [2.75, 3.05) is 58.4 Å². The molecule has 0 aliphatic carbocycles. The van der Waals surface area contributed by atoms with E-state index in [4.69, 9.17) is 14.0 Å². The third-order valence-corrected chi connectivity index (χ3v) is 4.86. The molecule has 0 bridgehead atoms. The molecule has 0 radical (unpaired) electrons. The normalized spacial score (nSPS) is 14.3. The summed E-state index contributed by atoms with van der Waals surface area (Å²) in [5.41, 5.74) is 0.427. The van der Waals surface area contributed by atoms with E-state index < -0.39 is 0 Å². The van der Waals surface area contributed by atoms with Crippen LogP contribution in [-0.4, -0.2) is 79.8 Å². The molecule has 3 rings (SSSR count). The minimum atomic E-state index is -0.335. The molecule has 1 fully saturated rings. The number of hydrogen-bond acceptors (Lipinski definition) is 7. The maximum Gasteiger partial charge on any atom is 0.258 e. The summed E-state index contributed by atoms with van der Waals surface area (Å²) in [6.45, 7) is 6.14. The molecule has 0 saturated carbocycles. The molecule has 9 nitrogen and oxygen atoms in total. The molecule has 2 aromatic rings. The first kappa shape index (κ1) is 21.8. The number of aromatic nitrogens is 1. The Bertz CT molecular complexity index is 847. The van der Waals surface area contributed by atoms with Crippen LogP contribution in [-0.2, 0) is 9.53 Å². The van der Waals surface area contributed by atoms with Crippen molar-refractivity contribution in [1.29, 1.82) is 0 Å². The number of para-hydroxylation sites is 1. The average molecular weight is 416 g/mol. The largest absolute Gasteiger partial charge is 0.496 e. The fraction of sp³-hybridized carbons (Fsp3) is 0.476. The van der Waals surface area contributed by atoms with E-state index in [0.29, 0.717) is 29.4 Å². The van der Waals surface area contributed by atoms with Gasteiger partial charge in [0.15, 0.2) is 5.82 Å². The lowest BCUT2D eigenvalue weighted by Crippen LogP contribution is -2.41. The third kappa shape index (κ3) is 6.04. The highest BCUT2D eigenvalue weighted by Crippen LogP contribution is 2.20. The number of nitrogens with one attached hydrogen (secondary N) is 1. The fourth-order valence-electron chi connectivity index (χ4n) is 3.34. The Hall–Kier alpha value is -2.91. The lowest BCUT2D eigenvalue weighted by molar-refractivity contribution is -0.117. The summed E-state index contributed by atoms with van der Waals surface area (Å²) in [6.07, 6.45) is 0.747. The Balaban J connectivity index is 1.66. The topological polar surface area (TPSA) is 97.1 Å². The number of amides is 2. The van der Waals surface area contributed by atoms with Crippen molar-refractivity contribution in [1.82, 2.24) is 15.0 Å². The molecular formula is C21H28N4O5. The molecule has 0 unspecified atom stereocenters. The summed E-state index contributed by atoms with van der Waals surface area (Å²) >= 11 is 0. The molecule has 0 spiro atoms. The van der Waals surface area contributed by atoms with Gasteiger partial charge in [0, 0.05) is 32.2 Å². The van der Waals surface area contributed by atoms with E-state index in [2.05, 4.69) is 15.4 Å². The zero-order valence-corrected chi connectivity index (χ0v) is 17.4. The highest BCUT2D eigenvalue weighted by atomic mass is 16.5. The molecule has 1 aromatic carbocycles. The SMILES string of the molecule is COc1ccccc1C(=O)N(CCCN1CCOCC1)CC(=O)Nc1cc(C)on1. The minimum Gasteiger partial charge on any atom is -0.496 e. The van der Waals surface area contributed by atoms with E-state index in [9.17, 15) is 9.59 Å². The number of hydrogen-bond donors (Lipinski definition) is 1. The Morgan fingerprint density at radius 3 is 2.73 bits per heavy atom. The Labute approximate surface area is 175 Å². The van der Waals surface area contributed by atoms with Gasteiger partial charge in [-0.3, -0.25) is 14.5 Å². The summed E-state index contributed by atoms with van der Waals surface area (Å²) in [5, 5.41) is 6.44. The lowest BCUT2D eigenvalue weighted by Gasteiger charge is -2.28. The number of methoxy groups -OCH3 is 1. The summed E-state index contributed by atoms with van der Waals surface area (Å²) in [4.78, 5) is 29.6. The maximum atomic E-state index is 13.2. The number of carbonyl (C=O) groups is 2. The van der Waals surface area contributed by atoms with Gasteiger partial charge in [-0.25, -0.2) is 0 Å². The number of anilines is 1. The van der Waals surface area contributed by atoms with Gasteiger partial charge in [-0.05, 0) is 25.5 Å². The van der Waals surface area contributed by atoms with Crippen molar-refractivity contribution in [2.24, 2.45) is 0 Å². The molecule has 1 saturated heterocycles. The molecule has 1 N–H and O–H groups in total. The van der Waals surface area contributed by atoms with Crippen molar-refractivity contribution in [3.8, 4) is 5.75 Å². The smallest absolute Gasteiger partial charge is 0.258 e. The van der Waals surface area contributed by atoms with E-state index in [-0.39, 0.29) is 18.4 Å². The molecule has 2 amide bonds. The molecule has 0 atom stereocenters. The summed E-state index contributed by atoms with van der Waals surface area (Å²) < 4.78 is 15.7. The summed E-state index contributed by atoms with van der Waals surface area (Å²) in [5.74, 6) is 0.820. The predicted octanol–water partition coefficient (Wildman–Crippen LogP) is 1.79. The number of ether oxygens (including phenoxy) is 2. The van der Waals surface area contributed by atoms with Gasteiger partial charge in [0.25, 0.3) is 5.91 Å². The number of carbonyl (C=O) groups excluding carboxylic acids is 2. The monoisotopic (exact) mass is 416 g/mol. The number of morpholine rings is 1. The first-order valence-electron chi connectivity index (χ1n) is 10.0. The van der Waals surface area contributed by atoms with E-state index in [0.717, 1.165) is 39.3 Å². The minimum absolute atomic E-state index is 0.0914. The average Bonchev–Trinajstić information content (AvgIpc) is 3.17. The van der Waals surface area contributed by atoms with Crippen LogP contribution in [0.15, 0.2) is 34.9 Å². The molecule has 30 heavy (non-hydrogen) atoms. The molecule has 162 valence electrons. The van der Waals surface area contributed by atoms with Crippen molar-refractivity contribution >= 4 is 17.6 Å². The zero-order chi connectivity index (χ0) is 21.3. The van der Waals surface area contributed by atoms with E-state index in [1.165, 1.54) is 7.11 Å². The second-order valence-corrected chi connectivity index (χ2v) is 7.11. The van der Waals surface area contributed by atoms with Crippen LogP contribution in [0.25, 0.3) is 0 Å². The Kier molecular flexibility index (Phi) is 7.81. The van der Waals surface area contributed by atoms with Gasteiger partial charge in [-0.2, -0.15) is 0 Å². The number of rotatable bonds is 9. The van der Waals surface area contributed by atoms with Crippen LogP contribution in [0.3, 0.4) is 0 Å². The first-order valence-corrected chi connectivity index (χ1v) is 10.0. The Morgan fingerprint density at radius 1 is 1.27 bits per heavy atom. The molecule has 1 aromatic heterocycles. The standard InChI is InChI=1S/C21H28N4O5/c1-16-14-19(23-30-16)22-20(26)15-25(9-5-8-24-10-12-29-13-11-24)21(27)17-6-3-4-7-18(17)28-2/h3-4,6-7,14H,5,8-13,15H2,1-2H3,(H,22,23,26).